The Hall–Kier alpha value is -0.0800. The van der Waals surface area contributed by atoms with Crippen LogP contribution in [0.25, 0.3) is 0 Å². The topological polar surface area (TPSA) is 40.5 Å². The summed E-state index contributed by atoms with van der Waals surface area (Å²) in [5.41, 5.74) is 0. The lowest BCUT2D eigenvalue weighted by Crippen LogP contribution is -2.06. The van der Waals surface area contributed by atoms with Gasteiger partial charge in [0, 0.05) is 0 Å². The Labute approximate surface area is 120 Å². The molecule has 0 fully saturated rings. The predicted octanol–water partition coefficient (Wildman–Crippen LogP) is 4.82. The molecule has 0 aromatic heterocycles. The second-order valence-electron chi connectivity index (χ2n) is 5.94. The molecule has 0 amide bonds. The van der Waals surface area contributed by atoms with Crippen molar-refractivity contribution in [3.8, 4) is 0 Å². The summed E-state index contributed by atoms with van der Waals surface area (Å²) in [7, 11) is 0. The van der Waals surface area contributed by atoms with Crippen LogP contribution in [-0.4, -0.2) is 22.4 Å². The molecule has 0 heterocycles. The van der Waals surface area contributed by atoms with Crippen molar-refractivity contribution in [1.82, 2.24) is 0 Å². The van der Waals surface area contributed by atoms with Gasteiger partial charge < -0.3 is 10.2 Å². The maximum atomic E-state index is 9.71. The van der Waals surface area contributed by atoms with Crippen molar-refractivity contribution in [2.75, 3.05) is 0 Å². The highest BCUT2D eigenvalue weighted by Gasteiger charge is 2.04. The normalized spacial score (nSPS) is 14.5. The molecule has 0 saturated carbocycles. The molecule has 116 valence electrons. The first-order valence-electron chi connectivity index (χ1n) is 8.56. The van der Waals surface area contributed by atoms with Crippen molar-refractivity contribution in [3.05, 3.63) is 0 Å². The standard InChI is InChI=1S/C17H36O2/c1-3-5-12-16(18)14-10-8-7-9-11-15-17(19)13-6-4-2/h16-19H,3-15H2,1-2H3/t16-,17+. The average molecular weight is 272 g/mol. The van der Waals surface area contributed by atoms with Crippen molar-refractivity contribution in [2.24, 2.45) is 0 Å². The molecule has 0 aliphatic carbocycles. The molecule has 0 aliphatic heterocycles. The largest absolute Gasteiger partial charge is 0.393 e. The Morgan fingerprint density at radius 3 is 1.21 bits per heavy atom. The molecule has 0 aromatic rings. The SMILES string of the molecule is CCCC[C@@H](O)CCCCCCC[C@@H](O)CCCC. The highest BCUT2D eigenvalue weighted by molar-refractivity contribution is 4.58. The van der Waals surface area contributed by atoms with E-state index >= 15 is 0 Å². The van der Waals surface area contributed by atoms with Gasteiger partial charge in [-0.3, -0.25) is 0 Å². The van der Waals surface area contributed by atoms with Crippen LogP contribution >= 0.6 is 0 Å². The third-order valence-corrected chi connectivity index (χ3v) is 3.86. The molecule has 0 unspecified atom stereocenters. The van der Waals surface area contributed by atoms with Gasteiger partial charge in [-0.15, -0.1) is 0 Å². The Balaban J connectivity index is 3.18. The van der Waals surface area contributed by atoms with Crippen molar-refractivity contribution in [3.63, 3.8) is 0 Å². The van der Waals surface area contributed by atoms with E-state index in [1.165, 1.54) is 32.1 Å². The van der Waals surface area contributed by atoms with Gasteiger partial charge in [0.1, 0.15) is 0 Å². The molecule has 0 aliphatic rings. The highest BCUT2D eigenvalue weighted by Crippen LogP contribution is 2.14. The second kappa shape index (κ2) is 14.3. The van der Waals surface area contributed by atoms with E-state index in [1.807, 2.05) is 0 Å². The maximum absolute atomic E-state index is 9.71. The molecule has 0 bridgehead atoms. The van der Waals surface area contributed by atoms with Crippen LogP contribution in [0.2, 0.25) is 0 Å². The molecule has 0 aromatic carbocycles. The Morgan fingerprint density at radius 2 is 0.842 bits per heavy atom. The number of rotatable bonds is 14. The average Bonchev–Trinajstić information content (AvgIpc) is 2.41. The zero-order valence-electron chi connectivity index (χ0n) is 13.2. The minimum Gasteiger partial charge on any atom is -0.393 e. The van der Waals surface area contributed by atoms with Crippen LogP contribution < -0.4 is 0 Å². The van der Waals surface area contributed by atoms with Crippen molar-refractivity contribution in [2.45, 2.75) is 110 Å². The van der Waals surface area contributed by atoms with Gasteiger partial charge in [0.15, 0.2) is 0 Å². The van der Waals surface area contributed by atoms with Crippen LogP contribution in [0.1, 0.15) is 97.3 Å². The van der Waals surface area contributed by atoms with E-state index in [2.05, 4.69) is 13.8 Å². The lowest BCUT2D eigenvalue weighted by molar-refractivity contribution is 0.145. The third-order valence-electron chi connectivity index (χ3n) is 3.86. The van der Waals surface area contributed by atoms with Crippen LogP contribution in [0.15, 0.2) is 0 Å². The minimum atomic E-state index is -0.0733. The fraction of sp³-hybridized carbons (Fsp3) is 1.00. The van der Waals surface area contributed by atoms with Crippen LogP contribution in [0.4, 0.5) is 0 Å². The van der Waals surface area contributed by atoms with Crippen LogP contribution in [0.5, 0.6) is 0 Å². The number of aliphatic hydroxyl groups is 2. The highest BCUT2D eigenvalue weighted by atomic mass is 16.3. The quantitative estimate of drug-likeness (QED) is 0.445. The Bertz CT molecular complexity index is 153. The summed E-state index contributed by atoms with van der Waals surface area (Å²) in [5, 5.41) is 19.4. The number of unbranched alkanes of at least 4 members (excludes halogenated alkanes) is 6. The monoisotopic (exact) mass is 272 g/mol. The summed E-state index contributed by atoms with van der Waals surface area (Å²) in [6, 6.07) is 0. The molecular formula is C17H36O2. The second-order valence-corrected chi connectivity index (χ2v) is 5.94. The van der Waals surface area contributed by atoms with E-state index in [1.54, 1.807) is 0 Å². The van der Waals surface area contributed by atoms with E-state index in [-0.39, 0.29) is 12.2 Å². The van der Waals surface area contributed by atoms with Gasteiger partial charge in [-0.25, -0.2) is 0 Å². The first-order chi connectivity index (χ1) is 9.20. The Kier molecular flexibility index (Phi) is 14.3. The molecule has 2 N–H and O–H groups in total. The molecule has 0 saturated heterocycles. The van der Waals surface area contributed by atoms with E-state index in [0.29, 0.717) is 0 Å². The lowest BCUT2D eigenvalue weighted by Gasteiger charge is -2.10. The van der Waals surface area contributed by atoms with Crippen molar-refractivity contribution in [1.29, 1.82) is 0 Å². The fourth-order valence-electron chi connectivity index (χ4n) is 2.46. The zero-order valence-corrected chi connectivity index (χ0v) is 13.2. The molecule has 0 spiro atoms. The lowest BCUT2D eigenvalue weighted by atomic mass is 10.0. The van der Waals surface area contributed by atoms with Crippen LogP contribution in [-0.2, 0) is 0 Å². The molecular weight excluding hydrogens is 236 g/mol. The zero-order chi connectivity index (χ0) is 14.3. The molecule has 2 nitrogen and oxygen atoms in total. The summed E-state index contributed by atoms with van der Waals surface area (Å²) >= 11 is 0. The summed E-state index contributed by atoms with van der Waals surface area (Å²) in [6.45, 7) is 4.34. The van der Waals surface area contributed by atoms with Crippen LogP contribution in [0.3, 0.4) is 0 Å². The molecule has 2 atom stereocenters. The van der Waals surface area contributed by atoms with E-state index in [9.17, 15) is 10.2 Å². The first-order valence-corrected chi connectivity index (χ1v) is 8.56. The van der Waals surface area contributed by atoms with E-state index in [4.69, 9.17) is 0 Å². The van der Waals surface area contributed by atoms with Crippen molar-refractivity contribution >= 4 is 0 Å². The number of hydrogen-bond donors (Lipinski definition) is 2. The molecule has 0 radical (unpaired) electrons. The Morgan fingerprint density at radius 1 is 0.526 bits per heavy atom. The molecule has 19 heavy (non-hydrogen) atoms. The van der Waals surface area contributed by atoms with Gasteiger partial charge >= 0.3 is 0 Å². The summed E-state index contributed by atoms with van der Waals surface area (Å²) in [6.07, 6.45) is 14.4. The van der Waals surface area contributed by atoms with E-state index < -0.39 is 0 Å². The molecule has 2 heteroatoms. The maximum Gasteiger partial charge on any atom is 0.0540 e. The number of hydrogen-bond acceptors (Lipinski definition) is 2. The molecule has 0 rings (SSSR count). The smallest absolute Gasteiger partial charge is 0.0540 e. The summed E-state index contributed by atoms with van der Waals surface area (Å²) < 4.78 is 0. The van der Waals surface area contributed by atoms with Crippen LogP contribution in [0, 0.1) is 0 Å². The van der Waals surface area contributed by atoms with Crippen molar-refractivity contribution < 1.29 is 10.2 Å². The summed E-state index contributed by atoms with van der Waals surface area (Å²) in [5.74, 6) is 0. The predicted molar refractivity (Wildman–Crippen MR) is 83.4 cm³/mol. The van der Waals surface area contributed by atoms with Gasteiger partial charge in [-0.2, -0.15) is 0 Å². The first kappa shape index (κ1) is 18.9. The minimum absolute atomic E-state index is 0.0733. The number of aliphatic hydroxyl groups excluding tert-OH is 2. The summed E-state index contributed by atoms with van der Waals surface area (Å²) in [4.78, 5) is 0. The fourth-order valence-corrected chi connectivity index (χ4v) is 2.46. The van der Waals surface area contributed by atoms with E-state index in [0.717, 1.165) is 51.4 Å². The van der Waals surface area contributed by atoms with Gasteiger partial charge in [0.25, 0.3) is 0 Å². The van der Waals surface area contributed by atoms with Gasteiger partial charge in [-0.1, -0.05) is 71.6 Å². The van der Waals surface area contributed by atoms with Gasteiger partial charge in [0.05, 0.1) is 12.2 Å². The van der Waals surface area contributed by atoms with Gasteiger partial charge in [0.2, 0.25) is 0 Å². The third kappa shape index (κ3) is 14.1. The van der Waals surface area contributed by atoms with Gasteiger partial charge in [-0.05, 0) is 25.7 Å².